The van der Waals surface area contributed by atoms with Gasteiger partial charge in [0.15, 0.2) is 0 Å². The molecule has 0 aromatic heterocycles. The summed E-state index contributed by atoms with van der Waals surface area (Å²) in [6.07, 6.45) is -1.71. The molecule has 0 unspecified atom stereocenters. The van der Waals surface area contributed by atoms with Gasteiger partial charge in [-0.1, -0.05) is 18.2 Å². The highest BCUT2D eigenvalue weighted by atomic mass is 32.5. The number of hydrogen-bond acceptors (Lipinski definition) is 3. The highest BCUT2D eigenvalue weighted by Crippen LogP contribution is 2.49. The van der Waals surface area contributed by atoms with Crippen molar-refractivity contribution < 1.29 is 19.0 Å². The molecule has 1 aromatic rings. The van der Waals surface area contributed by atoms with Crippen molar-refractivity contribution in [3.05, 3.63) is 30.3 Å². The second-order valence-electron chi connectivity index (χ2n) is 2.95. The second-order valence-corrected chi connectivity index (χ2v) is 7.20. The van der Waals surface area contributed by atoms with Gasteiger partial charge in [-0.25, -0.2) is 13.2 Å². The Morgan fingerprint density at radius 3 is 2.35 bits per heavy atom. The molecule has 0 bridgehead atoms. The van der Waals surface area contributed by atoms with Crippen LogP contribution in [-0.2, 0) is 11.8 Å². The van der Waals surface area contributed by atoms with E-state index in [4.69, 9.17) is 0 Å². The standard InChI is InChI=1S/C8H10FN2O3PS2/c1-10(8(9)12)17-11(15(13,14)16)7-5-3-2-4-6-7/h2-6H,1H3,(H2,13,14,16). The van der Waals surface area contributed by atoms with Gasteiger partial charge in [-0.3, -0.25) is 0 Å². The summed E-state index contributed by atoms with van der Waals surface area (Å²) < 4.78 is 14.0. The molecule has 0 fully saturated rings. The third kappa shape index (κ3) is 4.25. The summed E-state index contributed by atoms with van der Waals surface area (Å²) in [7, 11) is 1.16. The SMILES string of the molecule is CN(SN(c1ccccc1)P(O)(O)=S)C(=O)F. The average Bonchev–Trinajstić information content (AvgIpc) is 2.25. The number of nitrogens with zero attached hydrogens (tertiary/aromatic N) is 2. The van der Waals surface area contributed by atoms with Crippen molar-refractivity contribution in [3.8, 4) is 0 Å². The van der Waals surface area contributed by atoms with E-state index in [0.29, 0.717) is 22.1 Å². The first kappa shape index (κ1) is 14.4. The van der Waals surface area contributed by atoms with Crippen LogP contribution < -0.4 is 4.08 Å². The van der Waals surface area contributed by atoms with E-state index in [1.54, 1.807) is 30.3 Å². The Balaban J connectivity index is 2.98. The number of carbonyl (C=O) groups is 1. The van der Waals surface area contributed by atoms with Crippen LogP contribution in [0.1, 0.15) is 0 Å². The smallest absolute Gasteiger partial charge is 0.329 e. The van der Waals surface area contributed by atoms with Crippen molar-refractivity contribution in [1.29, 1.82) is 0 Å². The van der Waals surface area contributed by atoms with E-state index in [1.807, 2.05) is 0 Å². The van der Waals surface area contributed by atoms with Gasteiger partial charge in [0.25, 0.3) is 6.64 Å². The molecule has 0 saturated carbocycles. The van der Waals surface area contributed by atoms with Crippen LogP contribution in [0.3, 0.4) is 0 Å². The zero-order chi connectivity index (χ0) is 13.1. The van der Waals surface area contributed by atoms with Crippen LogP contribution in [0.5, 0.6) is 0 Å². The van der Waals surface area contributed by atoms with Gasteiger partial charge < -0.3 is 9.79 Å². The Hall–Kier alpha value is -0.660. The molecular weight excluding hydrogens is 286 g/mol. The van der Waals surface area contributed by atoms with Gasteiger partial charge in [0.1, 0.15) is 0 Å². The van der Waals surface area contributed by atoms with Gasteiger partial charge in [-0.05, 0) is 23.9 Å². The van der Waals surface area contributed by atoms with Crippen molar-refractivity contribution >= 4 is 42.4 Å². The fourth-order valence-electron chi connectivity index (χ4n) is 0.949. The third-order valence-corrected chi connectivity index (χ3v) is 4.82. The van der Waals surface area contributed by atoms with Crippen LogP contribution in [-0.4, -0.2) is 27.3 Å². The van der Waals surface area contributed by atoms with E-state index in [-0.39, 0.29) is 0 Å². The van der Waals surface area contributed by atoms with E-state index in [0.717, 1.165) is 11.1 Å². The number of amides is 1. The van der Waals surface area contributed by atoms with E-state index in [2.05, 4.69) is 11.8 Å². The highest BCUT2D eigenvalue weighted by molar-refractivity contribution is 8.18. The van der Waals surface area contributed by atoms with Crippen molar-refractivity contribution in [1.82, 2.24) is 4.31 Å². The normalized spacial score (nSPS) is 11.1. The Bertz CT molecular complexity index is 442. The molecule has 5 nitrogen and oxygen atoms in total. The number of anilines is 1. The van der Waals surface area contributed by atoms with Crippen molar-refractivity contribution in [2.45, 2.75) is 0 Å². The first-order chi connectivity index (χ1) is 7.82. The number of para-hydroxylation sites is 1. The zero-order valence-corrected chi connectivity index (χ0v) is 11.3. The summed E-state index contributed by atoms with van der Waals surface area (Å²) in [6, 6.07) is 8.18. The molecule has 17 heavy (non-hydrogen) atoms. The van der Waals surface area contributed by atoms with Crippen LogP contribution in [0.25, 0.3) is 0 Å². The number of rotatable bonds is 4. The van der Waals surface area contributed by atoms with Gasteiger partial charge in [0.05, 0.1) is 17.8 Å². The number of benzene rings is 1. The van der Waals surface area contributed by atoms with E-state index in [9.17, 15) is 19.0 Å². The number of halogens is 1. The van der Waals surface area contributed by atoms with Gasteiger partial charge in [0, 0.05) is 7.05 Å². The predicted molar refractivity (Wildman–Crippen MR) is 69.5 cm³/mol. The molecule has 0 aliphatic rings. The minimum Gasteiger partial charge on any atom is -0.329 e. The molecule has 0 saturated heterocycles. The van der Waals surface area contributed by atoms with Crippen LogP contribution in [0, 0.1) is 0 Å². The fraction of sp³-hybridized carbons (Fsp3) is 0.125. The maximum atomic E-state index is 12.4. The second kappa shape index (κ2) is 5.79. The molecule has 1 aromatic carbocycles. The lowest BCUT2D eigenvalue weighted by Gasteiger charge is -2.28. The largest absolute Gasteiger partial charge is 0.411 e. The summed E-state index contributed by atoms with van der Waals surface area (Å²) in [5, 5.41) is 0. The molecule has 0 aliphatic carbocycles. The van der Waals surface area contributed by atoms with Crippen LogP contribution >= 0.6 is 18.8 Å². The fourth-order valence-corrected chi connectivity index (χ4v) is 3.16. The lowest BCUT2D eigenvalue weighted by atomic mass is 10.3. The highest BCUT2D eigenvalue weighted by Gasteiger charge is 2.25. The van der Waals surface area contributed by atoms with Gasteiger partial charge in [0.2, 0.25) is 0 Å². The Morgan fingerprint density at radius 1 is 1.41 bits per heavy atom. The van der Waals surface area contributed by atoms with Crippen molar-refractivity contribution in [2.75, 3.05) is 11.1 Å². The van der Waals surface area contributed by atoms with E-state index >= 15 is 0 Å². The number of hydrogen-bond donors (Lipinski definition) is 2. The molecular formula is C8H10FN2O3PS2. The van der Waals surface area contributed by atoms with Crippen molar-refractivity contribution in [2.24, 2.45) is 0 Å². The molecule has 0 spiro atoms. The minimum atomic E-state index is -3.82. The summed E-state index contributed by atoms with van der Waals surface area (Å²) >= 11 is 5.06. The van der Waals surface area contributed by atoms with E-state index in [1.165, 1.54) is 0 Å². The van der Waals surface area contributed by atoms with E-state index < -0.39 is 12.8 Å². The predicted octanol–water partition coefficient (Wildman–Crippen LogP) is 2.29. The zero-order valence-electron chi connectivity index (χ0n) is 8.73. The van der Waals surface area contributed by atoms with Gasteiger partial charge in [-0.2, -0.15) is 0 Å². The van der Waals surface area contributed by atoms with Crippen LogP contribution in [0.4, 0.5) is 14.9 Å². The lowest BCUT2D eigenvalue weighted by molar-refractivity contribution is 0.209. The maximum absolute atomic E-state index is 12.4. The molecule has 9 heteroatoms. The molecule has 0 heterocycles. The molecule has 1 rings (SSSR count). The Morgan fingerprint density at radius 2 is 1.94 bits per heavy atom. The van der Waals surface area contributed by atoms with Crippen molar-refractivity contribution in [3.63, 3.8) is 0 Å². The quantitative estimate of drug-likeness (QED) is 0.385. The summed E-state index contributed by atoms with van der Waals surface area (Å²) in [5.74, 6) is 0. The number of carbonyl (C=O) groups excluding carboxylic acids is 1. The minimum absolute atomic E-state index is 0.374. The summed E-state index contributed by atoms with van der Waals surface area (Å²) in [6.45, 7) is -3.82. The maximum Gasteiger partial charge on any atom is 0.411 e. The molecule has 94 valence electrons. The lowest BCUT2D eigenvalue weighted by Crippen LogP contribution is -2.22. The summed E-state index contributed by atoms with van der Waals surface area (Å²) in [5.41, 5.74) is 0.374. The first-order valence-electron chi connectivity index (χ1n) is 4.35. The molecule has 0 aliphatic heterocycles. The Labute approximate surface area is 107 Å². The monoisotopic (exact) mass is 296 g/mol. The van der Waals surface area contributed by atoms with Crippen LogP contribution in [0.15, 0.2) is 30.3 Å². The molecule has 2 N–H and O–H groups in total. The summed E-state index contributed by atoms with van der Waals surface area (Å²) in [4.78, 5) is 29.4. The molecule has 1 amide bonds. The van der Waals surface area contributed by atoms with Crippen LogP contribution in [0.2, 0.25) is 0 Å². The Kier molecular flexibility index (Phi) is 4.91. The topological polar surface area (TPSA) is 64.0 Å². The molecule has 0 radical (unpaired) electrons. The molecule has 0 atom stereocenters. The average molecular weight is 296 g/mol. The first-order valence-corrected chi connectivity index (χ1v) is 7.74. The van der Waals surface area contributed by atoms with Gasteiger partial charge in [-0.15, -0.1) is 4.39 Å². The van der Waals surface area contributed by atoms with Gasteiger partial charge >= 0.3 is 6.16 Å². The third-order valence-electron chi connectivity index (χ3n) is 1.66.